The van der Waals surface area contributed by atoms with Gasteiger partial charge in [-0.05, 0) is 44.2 Å². The Morgan fingerprint density at radius 1 is 1.22 bits per heavy atom. The van der Waals surface area contributed by atoms with Crippen LogP contribution in [0.1, 0.15) is 44.7 Å². The largest absolute Gasteiger partial charge is 0.256 e. The van der Waals surface area contributed by atoms with Gasteiger partial charge in [-0.3, -0.25) is 0 Å². The van der Waals surface area contributed by atoms with E-state index in [4.69, 9.17) is 0 Å². The van der Waals surface area contributed by atoms with E-state index in [9.17, 15) is 8.42 Å². The number of likely N-dealkylation sites (tertiary alicyclic amines) is 1. The zero-order chi connectivity index (χ0) is 16.7. The molecule has 0 bridgehead atoms. The van der Waals surface area contributed by atoms with Gasteiger partial charge < -0.3 is 0 Å². The summed E-state index contributed by atoms with van der Waals surface area (Å²) in [7, 11) is -3.31. The van der Waals surface area contributed by atoms with Crippen LogP contribution in [0.25, 0.3) is 0 Å². The zero-order valence-corrected chi connectivity index (χ0v) is 15.3. The van der Waals surface area contributed by atoms with Crippen LogP contribution in [0.4, 0.5) is 0 Å². The first-order chi connectivity index (χ1) is 10.9. The normalized spacial score (nSPS) is 34.3. The molecule has 0 aromatic heterocycles. The van der Waals surface area contributed by atoms with Gasteiger partial charge in [0.2, 0.25) is 0 Å². The predicted molar refractivity (Wildman–Crippen MR) is 93.2 cm³/mol. The number of nitrogens with zero attached hydrogens (tertiary/aromatic N) is 1. The molecule has 1 N–H and O–H groups in total. The number of quaternary nitrogens is 1. The fraction of sp³-hybridized carbons (Fsp3) is 0.667. The van der Waals surface area contributed by atoms with E-state index < -0.39 is 10.0 Å². The van der Waals surface area contributed by atoms with E-state index in [0.29, 0.717) is 23.0 Å². The summed E-state index contributed by atoms with van der Waals surface area (Å²) in [5.41, 5.74) is 2.50. The Hall–Kier alpha value is -0.910. The van der Waals surface area contributed by atoms with Gasteiger partial charge in [-0.1, -0.05) is 36.0 Å². The number of nitrogens with one attached hydrogen (secondary N) is 1. The lowest BCUT2D eigenvalue weighted by Crippen LogP contribution is -2.63. The maximum absolute atomic E-state index is 13.0. The lowest BCUT2D eigenvalue weighted by Gasteiger charge is -2.38. The highest BCUT2D eigenvalue weighted by Crippen LogP contribution is 2.31. The van der Waals surface area contributed by atoms with E-state index >= 15 is 0 Å². The Morgan fingerprint density at radius 3 is 2.52 bits per heavy atom. The van der Waals surface area contributed by atoms with Gasteiger partial charge in [0.15, 0.2) is 0 Å². The minimum absolute atomic E-state index is 0.304. The van der Waals surface area contributed by atoms with Crippen LogP contribution in [0.3, 0.4) is 0 Å². The molecule has 1 aliphatic carbocycles. The molecular weight excluding hydrogens is 308 g/mol. The minimum Gasteiger partial charge on any atom is -0.229 e. The number of rotatable bonds is 4. The molecule has 1 aliphatic heterocycles. The van der Waals surface area contributed by atoms with Crippen molar-refractivity contribution in [2.75, 3.05) is 13.1 Å². The van der Waals surface area contributed by atoms with Crippen molar-refractivity contribution in [1.29, 1.82) is 0 Å². The summed E-state index contributed by atoms with van der Waals surface area (Å²) in [5, 5.41) is -0.304. The molecule has 128 valence electrons. The van der Waals surface area contributed by atoms with Crippen molar-refractivity contribution in [2.45, 2.75) is 57.7 Å². The first-order valence-corrected chi connectivity index (χ1v) is 10.4. The molecule has 0 spiro atoms. The molecular formula is C18H29N2O2S+. The summed E-state index contributed by atoms with van der Waals surface area (Å²) in [6.45, 7) is 8.20. The second-order valence-electron chi connectivity index (χ2n) is 7.49. The quantitative estimate of drug-likeness (QED) is 0.859. The Balaban J connectivity index is 1.80. The molecule has 0 saturated carbocycles. The Kier molecular flexibility index (Phi) is 4.55. The van der Waals surface area contributed by atoms with Gasteiger partial charge in [0.25, 0.3) is 10.0 Å². The second kappa shape index (κ2) is 6.19. The van der Waals surface area contributed by atoms with Crippen LogP contribution in [-0.2, 0) is 22.9 Å². The van der Waals surface area contributed by atoms with Crippen LogP contribution >= 0.6 is 0 Å². The lowest BCUT2D eigenvalue weighted by atomic mass is 9.92. The number of fused-ring (bicyclic) bond motifs is 1. The van der Waals surface area contributed by atoms with E-state index in [1.165, 1.54) is 11.1 Å². The van der Waals surface area contributed by atoms with Crippen molar-refractivity contribution in [3.63, 3.8) is 0 Å². The Bertz CT molecular complexity index is 673. The fourth-order valence-corrected chi connectivity index (χ4v) is 6.35. The molecule has 0 radical (unpaired) electrons. The van der Waals surface area contributed by atoms with Crippen LogP contribution < -0.4 is 4.83 Å². The third-order valence-corrected chi connectivity index (χ3v) is 7.74. The van der Waals surface area contributed by atoms with Crippen LogP contribution in [-0.4, -0.2) is 37.4 Å². The first kappa shape index (κ1) is 16.9. The third kappa shape index (κ3) is 3.19. The van der Waals surface area contributed by atoms with Crippen molar-refractivity contribution in [1.82, 2.24) is 4.83 Å². The van der Waals surface area contributed by atoms with Crippen LogP contribution in [0.15, 0.2) is 24.3 Å². The molecule has 3 rings (SSSR count). The van der Waals surface area contributed by atoms with Crippen molar-refractivity contribution in [3.05, 3.63) is 35.4 Å². The summed E-state index contributed by atoms with van der Waals surface area (Å²) in [6, 6.07) is 8.58. The second-order valence-corrected chi connectivity index (χ2v) is 9.43. The summed E-state index contributed by atoms with van der Waals surface area (Å²) >= 11 is 0. The number of hydrogen-bond donors (Lipinski definition) is 1. The number of benzene rings is 1. The van der Waals surface area contributed by atoms with E-state index in [0.717, 1.165) is 32.4 Å². The summed E-state index contributed by atoms with van der Waals surface area (Å²) in [5.74, 6) is 0.569. The average molecular weight is 338 g/mol. The Morgan fingerprint density at radius 2 is 1.91 bits per heavy atom. The molecule has 5 heteroatoms. The first-order valence-electron chi connectivity index (χ1n) is 8.82. The fourth-order valence-electron chi connectivity index (χ4n) is 4.48. The van der Waals surface area contributed by atoms with Gasteiger partial charge in [-0.25, -0.2) is 13.0 Å². The smallest absolute Gasteiger partial charge is 0.229 e. The van der Waals surface area contributed by atoms with E-state index in [1.807, 2.05) is 12.1 Å². The van der Waals surface area contributed by atoms with Gasteiger partial charge >= 0.3 is 0 Å². The lowest BCUT2D eigenvalue weighted by molar-refractivity contribution is -0.965. The van der Waals surface area contributed by atoms with Crippen molar-refractivity contribution in [2.24, 2.45) is 5.92 Å². The molecule has 4 nitrogen and oxygen atoms in total. The number of hydrogen-bond acceptors (Lipinski definition) is 2. The van der Waals surface area contributed by atoms with Crippen LogP contribution in [0.2, 0.25) is 0 Å². The van der Waals surface area contributed by atoms with Gasteiger partial charge in [0.1, 0.15) is 12.6 Å². The van der Waals surface area contributed by atoms with Gasteiger partial charge in [-0.15, -0.1) is 0 Å². The van der Waals surface area contributed by atoms with Crippen molar-refractivity contribution in [3.8, 4) is 0 Å². The monoisotopic (exact) mass is 337 g/mol. The van der Waals surface area contributed by atoms with E-state index in [-0.39, 0.29) is 5.25 Å². The molecule has 1 aromatic carbocycles. The van der Waals surface area contributed by atoms with Gasteiger partial charge in [0, 0.05) is 12.3 Å². The minimum atomic E-state index is -3.31. The number of aryl methyl sites for hydroxylation is 1. The molecule has 4 atom stereocenters. The number of sulfonamides is 1. The molecule has 1 aromatic rings. The summed E-state index contributed by atoms with van der Waals surface area (Å²) < 4.78 is 26.6. The van der Waals surface area contributed by atoms with E-state index in [2.05, 4.69) is 37.7 Å². The topological polar surface area (TPSA) is 46.2 Å². The Labute approximate surface area is 140 Å². The molecule has 4 unspecified atom stereocenters. The summed E-state index contributed by atoms with van der Waals surface area (Å²) in [6.07, 6.45) is 3.31. The van der Waals surface area contributed by atoms with Crippen molar-refractivity contribution < 1.29 is 13.0 Å². The molecule has 2 aliphatic rings. The highest BCUT2D eigenvalue weighted by atomic mass is 32.2. The average Bonchev–Trinajstić information content (AvgIpc) is 2.80. The van der Waals surface area contributed by atoms with E-state index in [1.54, 1.807) is 0 Å². The van der Waals surface area contributed by atoms with Crippen LogP contribution in [0.5, 0.6) is 0 Å². The highest BCUT2D eigenvalue weighted by molar-refractivity contribution is 7.89. The molecule has 1 saturated heterocycles. The van der Waals surface area contributed by atoms with Gasteiger partial charge in [-0.2, -0.15) is 0 Å². The highest BCUT2D eigenvalue weighted by Gasteiger charge is 2.46. The SMILES string of the molecule is CC[N+]1(NS(=O)(=O)C2CCc3ccccc3C2)CC(C)CC1C. The van der Waals surface area contributed by atoms with Gasteiger partial charge in [0.05, 0.1) is 11.8 Å². The zero-order valence-electron chi connectivity index (χ0n) is 14.5. The summed E-state index contributed by atoms with van der Waals surface area (Å²) in [4.78, 5) is 3.11. The maximum Gasteiger partial charge on any atom is 0.256 e. The molecule has 1 fully saturated rings. The maximum atomic E-state index is 13.0. The third-order valence-electron chi connectivity index (χ3n) is 5.84. The van der Waals surface area contributed by atoms with Crippen LogP contribution in [0, 0.1) is 5.92 Å². The molecule has 1 heterocycles. The predicted octanol–water partition coefficient (Wildman–Crippen LogP) is 2.64. The standard InChI is InChI=1S/C18H29N2O2S/c1-4-20(13-14(2)11-15(20)3)19-23(21,22)18-10-9-16-7-5-6-8-17(16)12-18/h5-8,14-15,18-19H,4,9-13H2,1-3H3/q+1. The van der Waals surface area contributed by atoms with Crippen molar-refractivity contribution >= 4 is 10.0 Å². The molecule has 0 amide bonds. The molecule has 23 heavy (non-hydrogen) atoms.